The van der Waals surface area contributed by atoms with Gasteiger partial charge in [0.05, 0.1) is 7.11 Å². The minimum absolute atomic E-state index is 0.0527. The van der Waals surface area contributed by atoms with Gasteiger partial charge in [-0.25, -0.2) is 4.79 Å². The summed E-state index contributed by atoms with van der Waals surface area (Å²) in [6, 6.07) is 0. The molecule has 1 aliphatic heterocycles. The molecule has 0 spiro atoms. The molecule has 0 fully saturated rings. The van der Waals surface area contributed by atoms with Crippen LogP contribution >= 0.6 is 0 Å². The lowest BCUT2D eigenvalue weighted by molar-refractivity contribution is -0.157. The van der Waals surface area contributed by atoms with Gasteiger partial charge in [-0.3, -0.25) is 4.79 Å². The Balaban J connectivity index is 2.29. The van der Waals surface area contributed by atoms with Crippen molar-refractivity contribution < 1.29 is 19.4 Å². The molecule has 2 aliphatic rings. The minimum Gasteiger partial charge on any atom is -0.467 e. The van der Waals surface area contributed by atoms with Gasteiger partial charge in [0, 0.05) is 25.6 Å². The van der Waals surface area contributed by atoms with Crippen molar-refractivity contribution in [3.05, 3.63) is 23.4 Å². The third-order valence-electron chi connectivity index (χ3n) is 3.28. The molecule has 1 aliphatic carbocycles. The number of nitrogens with zero attached hydrogens (tertiary/aromatic N) is 1. The number of esters is 1. The van der Waals surface area contributed by atoms with Crippen LogP contribution in [-0.2, 0) is 14.3 Å². The van der Waals surface area contributed by atoms with Crippen LogP contribution < -0.4 is 0 Å². The van der Waals surface area contributed by atoms with Crippen LogP contribution in [0.5, 0.6) is 0 Å². The lowest BCUT2D eigenvalue weighted by Gasteiger charge is -2.34. The highest BCUT2D eigenvalue weighted by molar-refractivity contribution is 5.85. The summed E-state index contributed by atoms with van der Waals surface area (Å²) < 4.78 is 4.58. The monoisotopic (exact) mass is 237 g/mol. The highest BCUT2D eigenvalue weighted by Crippen LogP contribution is 2.34. The lowest BCUT2D eigenvalue weighted by atomic mass is 9.84. The van der Waals surface area contributed by atoms with E-state index < -0.39 is 11.6 Å². The Hall–Kier alpha value is -1.62. The maximum atomic E-state index is 11.5. The van der Waals surface area contributed by atoms with Crippen LogP contribution in [-0.4, -0.2) is 41.6 Å². The number of methoxy groups -OCH3 is 1. The maximum absolute atomic E-state index is 11.5. The highest BCUT2D eigenvalue weighted by atomic mass is 16.5. The Morgan fingerprint density at radius 2 is 2.24 bits per heavy atom. The standard InChI is InChI=1S/C12H15NO4/c1-13-9-5-6-12(16,11(15)17-2)7-8(9)3-4-10(13)14/h5-6,16H,3-4,7H2,1-2H3. The molecule has 1 unspecified atom stereocenters. The minimum atomic E-state index is -1.59. The second kappa shape index (κ2) is 4.00. The van der Waals surface area contributed by atoms with E-state index in [1.54, 1.807) is 18.0 Å². The molecule has 0 aromatic carbocycles. The molecule has 0 aromatic rings. The van der Waals surface area contributed by atoms with Crippen LogP contribution in [0.25, 0.3) is 0 Å². The van der Waals surface area contributed by atoms with Gasteiger partial charge in [-0.05, 0) is 24.1 Å². The molecule has 0 radical (unpaired) electrons. The molecule has 1 heterocycles. The van der Waals surface area contributed by atoms with Crippen molar-refractivity contribution in [1.29, 1.82) is 0 Å². The molecule has 5 heteroatoms. The molecule has 0 saturated carbocycles. The number of ether oxygens (including phenoxy) is 1. The van der Waals surface area contributed by atoms with Crippen molar-refractivity contribution in [3.8, 4) is 0 Å². The van der Waals surface area contributed by atoms with Gasteiger partial charge in [0.1, 0.15) is 0 Å². The fraction of sp³-hybridized carbons (Fsp3) is 0.500. The zero-order valence-corrected chi connectivity index (χ0v) is 9.90. The van der Waals surface area contributed by atoms with Gasteiger partial charge in [-0.15, -0.1) is 0 Å². The third-order valence-corrected chi connectivity index (χ3v) is 3.28. The number of rotatable bonds is 1. The maximum Gasteiger partial charge on any atom is 0.342 e. The van der Waals surface area contributed by atoms with Gasteiger partial charge < -0.3 is 14.7 Å². The van der Waals surface area contributed by atoms with Crippen molar-refractivity contribution in [2.75, 3.05) is 14.2 Å². The highest BCUT2D eigenvalue weighted by Gasteiger charge is 2.40. The van der Waals surface area contributed by atoms with E-state index in [9.17, 15) is 14.7 Å². The number of carbonyl (C=O) groups is 2. The van der Waals surface area contributed by atoms with E-state index in [4.69, 9.17) is 0 Å². The van der Waals surface area contributed by atoms with E-state index in [2.05, 4.69) is 4.74 Å². The first kappa shape index (κ1) is 11.9. The Kier molecular flexibility index (Phi) is 2.79. The molecule has 1 atom stereocenters. The summed E-state index contributed by atoms with van der Waals surface area (Å²) >= 11 is 0. The summed E-state index contributed by atoms with van der Waals surface area (Å²) in [6.07, 6.45) is 4.21. The first-order valence-electron chi connectivity index (χ1n) is 5.46. The first-order valence-corrected chi connectivity index (χ1v) is 5.46. The van der Waals surface area contributed by atoms with Crippen molar-refractivity contribution in [2.45, 2.75) is 24.9 Å². The molecule has 1 N–H and O–H groups in total. The molecular formula is C12H15NO4. The Bertz CT molecular complexity index is 438. The predicted molar refractivity (Wildman–Crippen MR) is 59.8 cm³/mol. The van der Waals surface area contributed by atoms with Gasteiger partial charge in [-0.2, -0.15) is 0 Å². The van der Waals surface area contributed by atoms with E-state index in [1.165, 1.54) is 13.2 Å². The fourth-order valence-electron chi connectivity index (χ4n) is 2.25. The first-order chi connectivity index (χ1) is 7.98. The second-order valence-corrected chi connectivity index (χ2v) is 4.37. The quantitative estimate of drug-likeness (QED) is 0.668. The molecular weight excluding hydrogens is 222 g/mol. The molecule has 17 heavy (non-hydrogen) atoms. The molecule has 5 nitrogen and oxygen atoms in total. The zero-order valence-electron chi connectivity index (χ0n) is 9.90. The predicted octanol–water partition coefficient (Wildman–Crippen LogP) is 0.357. The van der Waals surface area contributed by atoms with Crippen molar-refractivity contribution in [3.63, 3.8) is 0 Å². The van der Waals surface area contributed by atoms with Crippen molar-refractivity contribution in [1.82, 2.24) is 4.90 Å². The van der Waals surface area contributed by atoms with E-state index in [-0.39, 0.29) is 12.3 Å². The zero-order chi connectivity index (χ0) is 12.6. The van der Waals surface area contributed by atoms with E-state index in [1.807, 2.05) is 0 Å². The Labute approximate surface area is 99.4 Å². The van der Waals surface area contributed by atoms with Gasteiger partial charge in [0.25, 0.3) is 0 Å². The van der Waals surface area contributed by atoms with Crippen LogP contribution in [0.1, 0.15) is 19.3 Å². The van der Waals surface area contributed by atoms with E-state index >= 15 is 0 Å². The van der Waals surface area contributed by atoms with Gasteiger partial charge in [0.2, 0.25) is 5.91 Å². The van der Waals surface area contributed by atoms with Crippen molar-refractivity contribution in [2.24, 2.45) is 0 Å². The summed E-state index contributed by atoms with van der Waals surface area (Å²) in [5.74, 6) is -0.614. The summed E-state index contributed by atoms with van der Waals surface area (Å²) in [5, 5.41) is 10.1. The molecule has 92 valence electrons. The van der Waals surface area contributed by atoms with Crippen LogP contribution in [0.3, 0.4) is 0 Å². The number of allylic oxidation sites excluding steroid dienone is 1. The van der Waals surface area contributed by atoms with Gasteiger partial charge in [0.15, 0.2) is 5.60 Å². The smallest absolute Gasteiger partial charge is 0.342 e. The van der Waals surface area contributed by atoms with E-state index in [0.717, 1.165) is 11.3 Å². The fourth-order valence-corrected chi connectivity index (χ4v) is 2.25. The second-order valence-electron chi connectivity index (χ2n) is 4.37. The van der Waals surface area contributed by atoms with E-state index in [0.29, 0.717) is 12.8 Å². The third kappa shape index (κ3) is 1.86. The van der Waals surface area contributed by atoms with Crippen LogP contribution in [0.4, 0.5) is 0 Å². The SMILES string of the molecule is COC(=O)C1(O)C=CC2=C(CCC(=O)N2C)C1. The number of carbonyl (C=O) groups excluding carboxylic acids is 2. The molecule has 2 rings (SSSR count). The number of hydrogen-bond donors (Lipinski definition) is 1. The molecule has 1 amide bonds. The normalized spacial score (nSPS) is 28.2. The van der Waals surface area contributed by atoms with Gasteiger partial charge >= 0.3 is 5.97 Å². The number of likely N-dealkylation sites (N-methyl/N-ethyl adjacent to an activating group) is 1. The Morgan fingerprint density at radius 3 is 2.88 bits per heavy atom. The molecule has 0 bridgehead atoms. The molecule has 0 saturated heterocycles. The lowest BCUT2D eigenvalue weighted by Crippen LogP contribution is -2.42. The number of hydrogen-bond acceptors (Lipinski definition) is 4. The average molecular weight is 237 g/mol. The Morgan fingerprint density at radius 1 is 1.53 bits per heavy atom. The summed E-state index contributed by atoms with van der Waals surface area (Å²) in [5.41, 5.74) is 0.117. The summed E-state index contributed by atoms with van der Waals surface area (Å²) in [7, 11) is 2.94. The molecule has 0 aromatic heterocycles. The average Bonchev–Trinajstić information content (AvgIpc) is 2.33. The number of aliphatic hydroxyl groups is 1. The van der Waals surface area contributed by atoms with Gasteiger partial charge in [-0.1, -0.05) is 0 Å². The van der Waals surface area contributed by atoms with Crippen LogP contribution in [0, 0.1) is 0 Å². The van der Waals surface area contributed by atoms with Crippen LogP contribution in [0.2, 0.25) is 0 Å². The number of amides is 1. The largest absolute Gasteiger partial charge is 0.467 e. The summed E-state index contributed by atoms with van der Waals surface area (Å²) in [6.45, 7) is 0. The van der Waals surface area contributed by atoms with Crippen molar-refractivity contribution >= 4 is 11.9 Å². The topological polar surface area (TPSA) is 66.8 Å². The van der Waals surface area contributed by atoms with Crippen LogP contribution in [0.15, 0.2) is 23.4 Å². The summed E-state index contributed by atoms with van der Waals surface area (Å²) in [4.78, 5) is 24.5.